The molecular weight excluding hydrogens is 270 g/mol. The van der Waals surface area contributed by atoms with Crippen molar-refractivity contribution in [3.63, 3.8) is 0 Å². The third kappa shape index (κ3) is 3.04. The van der Waals surface area contributed by atoms with Gasteiger partial charge in [0.25, 0.3) is 0 Å². The van der Waals surface area contributed by atoms with Gasteiger partial charge in [-0.3, -0.25) is 4.79 Å². The zero-order chi connectivity index (χ0) is 15.4. The lowest BCUT2D eigenvalue weighted by Gasteiger charge is -2.12. The minimum atomic E-state index is 0.322. The predicted octanol–water partition coefficient (Wildman–Crippen LogP) is 2.43. The second-order valence-electron chi connectivity index (χ2n) is 5.09. The Morgan fingerprint density at radius 1 is 1.24 bits per heavy atom. The Kier molecular flexibility index (Phi) is 4.57. The van der Waals surface area contributed by atoms with Crippen LogP contribution < -0.4 is 9.47 Å². The molecule has 1 aromatic carbocycles. The van der Waals surface area contributed by atoms with Crippen LogP contribution in [0.2, 0.25) is 0 Å². The van der Waals surface area contributed by atoms with Crippen LogP contribution in [0.5, 0.6) is 11.5 Å². The van der Waals surface area contributed by atoms with E-state index in [0.717, 1.165) is 11.8 Å². The molecule has 112 valence electrons. The van der Waals surface area contributed by atoms with Gasteiger partial charge in [-0.25, -0.2) is 4.68 Å². The summed E-state index contributed by atoms with van der Waals surface area (Å²) < 4.78 is 12.3. The summed E-state index contributed by atoms with van der Waals surface area (Å²) in [5, 5.41) is 8.00. The van der Waals surface area contributed by atoms with Gasteiger partial charge in [0.2, 0.25) is 0 Å². The summed E-state index contributed by atoms with van der Waals surface area (Å²) in [5.41, 5.74) is 1.84. The highest BCUT2D eigenvalue weighted by Crippen LogP contribution is 2.33. The van der Waals surface area contributed by atoms with E-state index >= 15 is 0 Å². The van der Waals surface area contributed by atoms with Crippen LogP contribution in [-0.2, 0) is 6.54 Å². The van der Waals surface area contributed by atoms with Crippen LogP contribution in [0.25, 0.3) is 11.3 Å². The minimum absolute atomic E-state index is 0.322. The normalized spacial score (nSPS) is 10.7. The molecular formula is C15H19N3O3. The van der Waals surface area contributed by atoms with Crippen LogP contribution in [0.4, 0.5) is 0 Å². The summed E-state index contributed by atoms with van der Waals surface area (Å²) >= 11 is 0. The van der Waals surface area contributed by atoms with Crippen molar-refractivity contribution < 1.29 is 14.3 Å². The van der Waals surface area contributed by atoms with Gasteiger partial charge in [-0.05, 0) is 24.1 Å². The number of methoxy groups -OCH3 is 2. The molecule has 6 heteroatoms. The molecule has 0 unspecified atom stereocenters. The monoisotopic (exact) mass is 289 g/mol. The number of benzene rings is 1. The fourth-order valence-electron chi connectivity index (χ4n) is 2.16. The molecule has 0 aliphatic rings. The largest absolute Gasteiger partial charge is 0.493 e. The number of rotatable bonds is 6. The summed E-state index contributed by atoms with van der Waals surface area (Å²) in [7, 11) is 3.16. The third-order valence-corrected chi connectivity index (χ3v) is 3.07. The quantitative estimate of drug-likeness (QED) is 0.764. The molecule has 1 heterocycles. The number of aromatic nitrogens is 3. The molecule has 0 fully saturated rings. The molecule has 1 aromatic heterocycles. The Bertz CT molecular complexity index is 635. The molecule has 0 bridgehead atoms. The van der Waals surface area contributed by atoms with Gasteiger partial charge in [0.15, 0.2) is 23.5 Å². The van der Waals surface area contributed by atoms with E-state index in [1.807, 2.05) is 12.1 Å². The first-order valence-electron chi connectivity index (χ1n) is 6.71. The number of ether oxygens (including phenoxy) is 2. The Hall–Kier alpha value is -2.37. The SMILES string of the molecule is COc1ccc(-c2c(C=O)nnn2CC(C)C)cc1OC. The lowest BCUT2D eigenvalue weighted by molar-refractivity contribution is 0.111. The van der Waals surface area contributed by atoms with Gasteiger partial charge >= 0.3 is 0 Å². The predicted molar refractivity (Wildman–Crippen MR) is 78.8 cm³/mol. The van der Waals surface area contributed by atoms with Crippen LogP contribution >= 0.6 is 0 Å². The summed E-state index contributed by atoms with van der Waals surface area (Å²) in [4.78, 5) is 11.2. The third-order valence-electron chi connectivity index (χ3n) is 3.07. The van der Waals surface area contributed by atoms with E-state index in [-0.39, 0.29) is 0 Å². The van der Waals surface area contributed by atoms with Crippen LogP contribution in [0.3, 0.4) is 0 Å². The van der Waals surface area contributed by atoms with Crippen molar-refractivity contribution in [2.75, 3.05) is 14.2 Å². The molecule has 0 atom stereocenters. The van der Waals surface area contributed by atoms with E-state index in [0.29, 0.717) is 35.3 Å². The van der Waals surface area contributed by atoms with Gasteiger partial charge in [-0.1, -0.05) is 19.1 Å². The van der Waals surface area contributed by atoms with Gasteiger partial charge in [-0.15, -0.1) is 5.10 Å². The Morgan fingerprint density at radius 2 is 1.95 bits per heavy atom. The summed E-state index contributed by atoms with van der Waals surface area (Å²) in [6.45, 7) is 4.85. The van der Waals surface area contributed by atoms with Crippen molar-refractivity contribution in [3.8, 4) is 22.8 Å². The Morgan fingerprint density at radius 3 is 2.52 bits per heavy atom. The van der Waals surface area contributed by atoms with Crippen molar-refractivity contribution >= 4 is 6.29 Å². The van der Waals surface area contributed by atoms with Gasteiger partial charge in [0.1, 0.15) is 0 Å². The van der Waals surface area contributed by atoms with Crippen LogP contribution in [0.15, 0.2) is 18.2 Å². The van der Waals surface area contributed by atoms with Crippen molar-refractivity contribution in [2.24, 2.45) is 5.92 Å². The number of carbonyl (C=O) groups is 1. The average molecular weight is 289 g/mol. The number of carbonyl (C=O) groups excluding carboxylic acids is 1. The van der Waals surface area contributed by atoms with Crippen molar-refractivity contribution in [2.45, 2.75) is 20.4 Å². The van der Waals surface area contributed by atoms with Gasteiger partial charge in [0, 0.05) is 12.1 Å². The molecule has 0 aliphatic carbocycles. The van der Waals surface area contributed by atoms with E-state index in [2.05, 4.69) is 24.2 Å². The summed E-state index contributed by atoms with van der Waals surface area (Å²) in [5.74, 6) is 1.63. The van der Waals surface area contributed by atoms with Crippen LogP contribution in [0, 0.1) is 5.92 Å². The fourth-order valence-corrected chi connectivity index (χ4v) is 2.16. The van der Waals surface area contributed by atoms with E-state index in [9.17, 15) is 4.79 Å². The topological polar surface area (TPSA) is 66.2 Å². The smallest absolute Gasteiger partial charge is 0.172 e. The lowest BCUT2D eigenvalue weighted by atomic mass is 10.1. The Balaban J connectivity index is 2.54. The zero-order valence-electron chi connectivity index (χ0n) is 12.7. The van der Waals surface area contributed by atoms with Crippen LogP contribution in [-0.4, -0.2) is 35.5 Å². The highest BCUT2D eigenvalue weighted by molar-refractivity contribution is 5.83. The summed E-state index contributed by atoms with van der Waals surface area (Å²) in [6, 6.07) is 5.49. The first-order valence-corrected chi connectivity index (χ1v) is 6.71. The van der Waals surface area contributed by atoms with Crippen molar-refractivity contribution in [3.05, 3.63) is 23.9 Å². The maximum atomic E-state index is 11.2. The first kappa shape index (κ1) is 15.0. The number of hydrogen-bond acceptors (Lipinski definition) is 5. The molecule has 0 amide bonds. The fraction of sp³-hybridized carbons (Fsp3) is 0.400. The van der Waals surface area contributed by atoms with Crippen molar-refractivity contribution in [1.82, 2.24) is 15.0 Å². The minimum Gasteiger partial charge on any atom is -0.493 e. The standard InChI is InChI=1S/C15H19N3O3/c1-10(2)8-18-15(12(9-19)16-17-18)11-5-6-13(20-3)14(7-11)21-4/h5-7,9-10H,8H2,1-4H3. The van der Waals surface area contributed by atoms with Gasteiger partial charge in [-0.2, -0.15) is 0 Å². The first-order chi connectivity index (χ1) is 10.1. The number of nitrogens with zero attached hydrogens (tertiary/aromatic N) is 3. The van der Waals surface area contributed by atoms with E-state index < -0.39 is 0 Å². The molecule has 21 heavy (non-hydrogen) atoms. The van der Waals surface area contributed by atoms with Gasteiger partial charge < -0.3 is 9.47 Å². The number of aldehydes is 1. The molecule has 2 aromatic rings. The van der Waals surface area contributed by atoms with E-state index in [1.165, 1.54) is 0 Å². The highest BCUT2D eigenvalue weighted by atomic mass is 16.5. The number of hydrogen-bond donors (Lipinski definition) is 0. The van der Waals surface area contributed by atoms with Crippen LogP contribution in [0.1, 0.15) is 24.3 Å². The maximum absolute atomic E-state index is 11.2. The Labute approximate surface area is 123 Å². The zero-order valence-corrected chi connectivity index (χ0v) is 12.7. The average Bonchev–Trinajstić information content (AvgIpc) is 2.88. The molecule has 0 N–H and O–H groups in total. The summed E-state index contributed by atoms with van der Waals surface area (Å²) in [6.07, 6.45) is 0.718. The molecule has 2 rings (SSSR count). The lowest BCUT2D eigenvalue weighted by Crippen LogP contribution is -2.08. The molecule has 6 nitrogen and oxygen atoms in total. The second kappa shape index (κ2) is 6.39. The molecule has 0 saturated heterocycles. The molecule has 0 radical (unpaired) electrons. The molecule has 0 saturated carbocycles. The van der Waals surface area contributed by atoms with Crippen molar-refractivity contribution in [1.29, 1.82) is 0 Å². The highest BCUT2D eigenvalue weighted by Gasteiger charge is 2.17. The van der Waals surface area contributed by atoms with E-state index in [4.69, 9.17) is 9.47 Å². The molecule has 0 aliphatic heterocycles. The second-order valence-corrected chi connectivity index (χ2v) is 5.09. The van der Waals surface area contributed by atoms with Gasteiger partial charge in [0.05, 0.1) is 19.9 Å². The maximum Gasteiger partial charge on any atom is 0.172 e. The van der Waals surface area contributed by atoms with E-state index in [1.54, 1.807) is 25.0 Å². The molecule has 0 spiro atoms.